The molecule has 0 radical (unpaired) electrons. The van der Waals surface area contributed by atoms with Gasteiger partial charge in [0.25, 0.3) is 5.91 Å². The number of anilines is 1. The van der Waals surface area contributed by atoms with Gasteiger partial charge in [-0.05, 0) is 68.7 Å². The van der Waals surface area contributed by atoms with E-state index in [9.17, 15) is 9.59 Å². The van der Waals surface area contributed by atoms with E-state index in [0.29, 0.717) is 44.9 Å². The minimum Gasteiger partial charge on any atom is -0.494 e. The Kier molecular flexibility index (Phi) is 7.11. The Bertz CT molecular complexity index is 918. The van der Waals surface area contributed by atoms with Crippen LogP contribution in [0.2, 0.25) is 0 Å². The summed E-state index contributed by atoms with van der Waals surface area (Å²) in [6.07, 6.45) is 0. The highest BCUT2D eigenvalue weighted by Crippen LogP contribution is 2.21. The highest BCUT2D eigenvalue weighted by Gasteiger charge is 2.24. The van der Waals surface area contributed by atoms with Crippen LogP contribution < -0.4 is 10.1 Å². The van der Waals surface area contributed by atoms with Gasteiger partial charge in [-0.25, -0.2) is 0 Å². The molecule has 2 aromatic rings. The summed E-state index contributed by atoms with van der Waals surface area (Å²) in [7, 11) is 0. The van der Waals surface area contributed by atoms with Crippen molar-refractivity contribution in [3.63, 3.8) is 0 Å². The number of hydrogen-bond donors (Lipinski definition) is 1. The lowest BCUT2D eigenvalue weighted by molar-refractivity contribution is -0.117. The lowest BCUT2D eigenvalue weighted by Crippen LogP contribution is -2.50. The third-order valence-corrected chi connectivity index (χ3v) is 5.63. The molecule has 1 N–H and O–H groups in total. The normalized spacial score (nSPS) is 14.5. The van der Waals surface area contributed by atoms with E-state index in [2.05, 4.69) is 10.2 Å². The van der Waals surface area contributed by atoms with Crippen molar-refractivity contribution >= 4 is 17.5 Å². The quantitative estimate of drug-likeness (QED) is 0.794. The molecule has 0 spiro atoms. The molecule has 0 unspecified atom stereocenters. The number of ether oxygens (including phenoxy) is 1. The molecule has 160 valence electrons. The number of carbonyl (C=O) groups excluding carboxylic acids is 2. The average molecular weight is 410 g/mol. The Morgan fingerprint density at radius 1 is 1.00 bits per heavy atom. The fourth-order valence-electron chi connectivity index (χ4n) is 3.67. The van der Waals surface area contributed by atoms with Gasteiger partial charge in [0.2, 0.25) is 5.91 Å². The van der Waals surface area contributed by atoms with Crippen molar-refractivity contribution in [1.29, 1.82) is 0 Å². The van der Waals surface area contributed by atoms with Gasteiger partial charge in [-0.1, -0.05) is 12.1 Å². The van der Waals surface area contributed by atoms with Crippen molar-refractivity contribution in [1.82, 2.24) is 9.80 Å². The highest BCUT2D eigenvalue weighted by molar-refractivity contribution is 5.95. The second kappa shape index (κ2) is 9.76. The first-order valence-corrected chi connectivity index (χ1v) is 10.5. The van der Waals surface area contributed by atoms with E-state index in [-0.39, 0.29) is 11.8 Å². The van der Waals surface area contributed by atoms with E-state index in [1.807, 2.05) is 69.0 Å². The number of carbonyl (C=O) groups is 2. The van der Waals surface area contributed by atoms with E-state index in [4.69, 9.17) is 4.74 Å². The predicted molar refractivity (Wildman–Crippen MR) is 119 cm³/mol. The molecule has 1 aliphatic rings. The Morgan fingerprint density at radius 3 is 2.40 bits per heavy atom. The third-order valence-electron chi connectivity index (χ3n) is 5.63. The van der Waals surface area contributed by atoms with Crippen molar-refractivity contribution in [2.24, 2.45) is 0 Å². The van der Waals surface area contributed by atoms with Crippen LogP contribution in [0.25, 0.3) is 0 Å². The van der Waals surface area contributed by atoms with Crippen LogP contribution >= 0.6 is 0 Å². The van der Waals surface area contributed by atoms with Crippen molar-refractivity contribution in [2.75, 3.05) is 44.6 Å². The molecule has 2 amide bonds. The van der Waals surface area contributed by atoms with E-state index in [0.717, 1.165) is 28.1 Å². The second-order valence-corrected chi connectivity index (χ2v) is 7.78. The Hall–Kier alpha value is -2.86. The zero-order chi connectivity index (χ0) is 21.7. The molecule has 0 atom stereocenters. The standard InChI is InChI=1S/C24H31N3O3/c1-5-30-22-10-9-20(15-18(22)3)24(29)27-13-11-26(12-14-27)16-23(28)25-21-8-6-7-17(2)19(21)4/h6-10,15H,5,11-14,16H2,1-4H3,(H,25,28). The van der Waals surface area contributed by atoms with E-state index < -0.39 is 0 Å². The van der Waals surface area contributed by atoms with Gasteiger partial charge < -0.3 is 15.0 Å². The smallest absolute Gasteiger partial charge is 0.253 e. The number of aryl methyl sites for hydroxylation is 2. The van der Waals surface area contributed by atoms with Crippen molar-refractivity contribution < 1.29 is 14.3 Å². The van der Waals surface area contributed by atoms with Gasteiger partial charge in [0.05, 0.1) is 13.2 Å². The van der Waals surface area contributed by atoms with Gasteiger partial charge in [0.1, 0.15) is 5.75 Å². The number of amides is 2. The fraction of sp³-hybridized carbons (Fsp3) is 0.417. The summed E-state index contributed by atoms with van der Waals surface area (Å²) in [6.45, 7) is 11.5. The average Bonchev–Trinajstić information content (AvgIpc) is 2.73. The molecule has 1 aliphatic heterocycles. The van der Waals surface area contributed by atoms with Gasteiger partial charge in [0.15, 0.2) is 0 Å². The number of nitrogens with one attached hydrogen (secondary N) is 1. The van der Waals surface area contributed by atoms with Crippen LogP contribution in [0.4, 0.5) is 5.69 Å². The Balaban J connectivity index is 1.52. The van der Waals surface area contributed by atoms with Crippen molar-refractivity contribution in [3.8, 4) is 5.75 Å². The zero-order valence-corrected chi connectivity index (χ0v) is 18.3. The molecule has 30 heavy (non-hydrogen) atoms. The lowest BCUT2D eigenvalue weighted by atomic mass is 10.1. The third kappa shape index (κ3) is 5.19. The van der Waals surface area contributed by atoms with Crippen LogP contribution in [0.15, 0.2) is 36.4 Å². The Labute approximate surface area is 178 Å². The lowest BCUT2D eigenvalue weighted by Gasteiger charge is -2.34. The summed E-state index contributed by atoms with van der Waals surface area (Å²) in [5, 5.41) is 3.01. The minimum atomic E-state index is -0.0226. The molecule has 3 rings (SSSR count). The van der Waals surface area contributed by atoms with Gasteiger partial charge in [-0.15, -0.1) is 0 Å². The minimum absolute atomic E-state index is 0.0226. The maximum Gasteiger partial charge on any atom is 0.253 e. The van der Waals surface area contributed by atoms with Gasteiger partial charge >= 0.3 is 0 Å². The fourth-order valence-corrected chi connectivity index (χ4v) is 3.67. The summed E-state index contributed by atoms with van der Waals surface area (Å²) in [5.41, 5.74) is 4.75. The number of piperazine rings is 1. The van der Waals surface area contributed by atoms with Crippen LogP contribution in [0.5, 0.6) is 5.75 Å². The predicted octanol–water partition coefficient (Wildman–Crippen LogP) is 3.41. The molecule has 0 bridgehead atoms. The first kappa shape index (κ1) is 21.8. The maximum absolute atomic E-state index is 12.8. The molecule has 1 fully saturated rings. The number of rotatable bonds is 6. The van der Waals surface area contributed by atoms with Gasteiger partial charge in [-0.2, -0.15) is 0 Å². The van der Waals surface area contributed by atoms with Crippen LogP contribution in [0.3, 0.4) is 0 Å². The summed E-state index contributed by atoms with van der Waals surface area (Å²) >= 11 is 0. The molecule has 0 aromatic heterocycles. The zero-order valence-electron chi connectivity index (χ0n) is 18.3. The number of nitrogens with zero attached hydrogens (tertiary/aromatic N) is 2. The van der Waals surface area contributed by atoms with Gasteiger partial charge in [0, 0.05) is 37.4 Å². The summed E-state index contributed by atoms with van der Waals surface area (Å²) < 4.78 is 5.55. The Morgan fingerprint density at radius 2 is 1.73 bits per heavy atom. The topological polar surface area (TPSA) is 61.9 Å². The molecule has 6 nitrogen and oxygen atoms in total. The molecule has 1 heterocycles. The number of hydrogen-bond acceptors (Lipinski definition) is 4. The monoisotopic (exact) mass is 409 g/mol. The van der Waals surface area contributed by atoms with Crippen molar-refractivity contribution in [2.45, 2.75) is 27.7 Å². The van der Waals surface area contributed by atoms with Crippen LogP contribution in [-0.4, -0.2) is 60.9 Å². The van der Waals surface area contributed by atoms with Gasteiger partial charge in [-0.3, -0.25) is 14.5 Å². The molecule has 6 heteroatoms. The van der Waals surface area contributed by atoms with Crippen LogP contribution in [-0.2, 0) is 4.79 Å². The largest absolute Gasteiger partial charge is 0.494 e. The van der Waals surface area contributed by atoms with Crippen molar-refractivity contribution in [3.05, 3.63) is 58.7 Å². The SMILES string of the molecule is CCOc1ccc(C(=O)N2CCN(CC(=O)Nc3cccc(C)c3C)CC2)cc1C. The maximum atomic E-state index is 12.8. The first-order valence-electron chi connectivity index (χ1n) is 10.5. The molecule has 0 saturated carbocycles. The van der Waals surface area contributed by atoms with E-state index >= 15 is 0 Å². The number of benzene rings is 2. The molecular formula is C24H31N3O3. The first-order chi connectivity index (χ1) is 14.4. The molecule has 1 saturated heterocycles. The summed E-state index contributed by atoms with van der Waals surface area (Å²) in [6, 6.07) is 11.5. The van der Waals surface area contributed by atoms with E-state index in [1.54, 1.807) is 0 Å². The molecule has 2 aromatic carbocycles. The molecule has 0 aliphatic carbocycles. The second-order valence-electron chi connectivity index (χ2n) is 7.78. The van der Waals surface area contributed by atoms with Crippen LogP contribution in [0.1, 0.15) is 34.0 Å². The highest BCUT2D eigenvalue weighted by atomic mass is 16.5. The van der Waals surface area contributed by atoms with Crippen LogP contribution in [0, 0.1) is 20.8 Å². The molecular weight excluding hydrogens is 378 g/mol. The summed E-state index contributed by atoms with van der Waals surface area (Å²) in [5.74, 6) is 0.819. The van der Waals surface area contributed by atoms with E-state index in [1.165, 1.54) is 0 Å². The summed E-state index contributed by atoms with van der Waals surface area (Å²) in [4.78, 5) is 29.3.